The van der Waals surface area contributed by atoms with E-state index in [-0.39, 0.29) is 24.6 Å². The van der Waals surface area contributed by atoms with Crippen molar-refractivity contribution < 1.29 is 62.7 Å². The standard InChI is InChI=1S/C26H26F3N3O3S.C15H12BrF3N2O3S.C11H16BNO2/c1-30-25-17-21(20-6-5-7-22(16-20)31-14-3-2-4-15-31)10-13-24(25)32(36(30,33)34)18-19-8-11-23(12-9-19)35-26(27,28)29;1-20-14-8-11(16)4-7-13(14)21(25(20,22)23)9-10-2-5-12(6-3-10)24-15(17,18)19;14-12(15)10-5-4-6-11(9-10)13-7-2-1-3-8-13/h5-13,16-17H,2-4,14-15,18H2,1H3;2-8H,9H2,1H3;4-6,9,14-15H,1-3,7-8H2. The number of anilines is 6. The Balaban J connectivity index is 0.000000165. The summed E-state index contributed by atoms with van der Waals surface area (Å²) in [5.74, 6) is -0.716. The first kappa shape index (κ1) is 55.9. The molecule has 2 saturated heterocycles. The molecule has 14 nitrogen and oxygen atoms in total. The van der Waals surface area contributed by atoms with Crippen LogP contribution < -0.4 is 42.0 Å². The predicted octanol–water partition coefficient (Wildman–Crippen LogP) is 10.3. The fraction of sp³-hybridized carbons (Fsp3) is 0.308. The summed E-state index contributed by atoms with van der Waals surface area (Å²) in [6.07, 6.45) is -2.18. The molecule has 2 N–H and O–H groups in total. The van der Waals surface area contributed by atoms with Crippen molar-refractivity contribution in [1.29, 1.82) is 0 Å². The number of ether oxygens (including phenoxy) is 2. The van der Waals surface area contributed by atoms with E-state index in [0.29, 0.717) is 39.3 Å². The molecule has 2 fully saturated rings. The minimum atomic E-state index is -4.79. The first-order valence-corrected chi connectivity index (χ1v) is 27.8. The zero-order valence-electron chi connectivity index (χ0n) is 41.3. The number of hydrogen-bond acceptors (Lipinski definition) is 10. The van der Waals surface area contributed by atoms with E-state index >= 15 is 0 Å². The highest BCUT2D eigenvalue weighted by molar-refractivity contribution is 9.10. The summed E-state index contributed by atoms with van der Waals surface area (Å²) in [5, 5.41) is 18.2. The van der Waals surface area contributed by atoms with Crippen LogP contribution in [0.1, 0.15) is 49.7 Å². The van der Waals surface area contributed by atoms with Gasteiger partial charge in [-0.25, -0.2) is 8.61 Å². The lowest BCUT2D eigenvalue weighted by molar-refractivity contribution is -0.275. The van der Waals surface area contributed by atoms with Crippen molar-refractivity contribution in [1.82, 2.24) is 0 Å². The minimum Gasteiger partial charge on any atom is -0.423 e. The third-order valence-corrected chi connectivity index (χ3v) is 17.2. The van der Waals surface area contributed by atoms with Gasteiger partial charge in [-0.1, -0.05) is 70.5 Å². The molecule has 6 aromatic carbocycles. The summed E-state index contributed by atoms with van der Waals surface area (Å²) in [7, 11) is -6.00. The van der Waals surface area contributed by atoms with E-state index < -0.39 is 40.3 Å². The van der Waals surface area contributed by atoms with Gasteiger partial charge in [-0.3, -0.25) is 8.61 Å². The first-order valence-electron chi connectivity index (χ1n) is 24.2. The maximum Gasteiger partial charge on any atom is 0.573 e. The molecule has 4 aliphatic heterocycles. The molecular weight excluding hydrogens is 1110 g/mol. The van der Waals surface area contributed by atoms with Crippen molar-refractivity contribution in [3.63, 3.8) is 0 Å². The second-order valence-corrected chi connectivity index (χ2v) is 23.0. The topological polar surface area (TPSA) is 147 Å². The molecule has 0 bridgehead atoms. The van der Waals surface area contributed by atoms with E-state index in [1.54, 1.807) is 30.3 Å². The Morgan fingerprint density at radius 1 is 0.513 bits per heavy atom. The number of fused-ring (bicyclic) bond motifs is 2. The number of alkyl halides is 6. The average molecular weight is 1160 g/mol. The van der Waals surface area contributed by atoms with Crippen LogP contribution in [0.25, 0.3) is 11.1 Å². The van der Waals surface area contributed by atoms with Crippen molar-refractivity contribution in [3.8, 4) is 22.6 Å². The lowest BCUT2D eigenvalue weighted by Crippen LogP contribution is -2.35. The van der Waals surface area contributed by atoms with E-state index in [9.17, 15) is 43.2 Å². The zero-order chi connectivity index (χ0) is 54.6. The highest BCUT2D eigenvalue weighted by Crippen LogP contribution is 2.45. The van der Waals surface area contributed by atoms with Crippen LogP contribution >= 0.6 is 15.9 Å². The van der Waals surface area contributed by atoms with Gasteiger partial charge in [0.2, 0.25) is 0 Å². The summed E-state index contributed by atoms with van der Waals surface area (Å²) in [5.41, 5.74) is 7.89. The molecule has 6 aromatic rings. The lowest BCUT2D eigenvalue weighted by atomic mass is 9.80. The van der Waals surface area contributed by atoms with Crippen molar-refractivity contribution in [2.24, 2.45) is 0 Å². The molecule has 0 saturated carbocycles. The van der Waals surface area contributed by atoms with Crippen LogP contribution in [0.3, 0.4) is 0 Å². The van der Waals surface area contributed by atoms with Gasteiger partial charge in [0, 0.05) is 56.1 Å². The van der Waals surface area contributed by atoms with Crippen LogP contribution in [0.15, 0.2) is 138 Å². The van der Waals surface area contributed by atoms with Crippen molar-refractivity contribution >= 4 is 83.1 Å². The Kier molecular flexibility index (Phi) is 17.0. The normalized spacial score (nSPS) is 16.7. The second-order valence-electron chi connectivity index (χ2n) is 18.3. The number of rotatable bonds is 10. The van der Waals surface area contributed by atoms with E-state index in [0.717, 1.165) is 69.6 Å². The van der Waals surface area contributed by atoms with Gasteiger partial charge in [-0.15, -0.1) is 26.3 Å². The second kappa shape index (κ2) is 23.1. The monoisotopic (exact) mass is 1160 g/mol. The van der Waals surface area contributed by atoms with Gasteiger partial charge in [0.25, 0.3) is 0 Å². The highest BCUT2D eigenvalue weighted by Gasteiger charge is 2.40. The van der Waals surface area contributed by atoms with Crippen molar-refractivity contribution in [2.75, 3.05) is 67.3 Å². The molecule has 0 atom stereocenters. The van der Waals surface area contributed by atoms with Crippen LogP contribution in [0.2, 0.25) is 0 Å². The maximum absolute atomic E-state index is 13.2. The van der Waals surface area contributed by atoms with Gasteiger partial charge in [0.1, 0.15) is 11.5 Å². The molecule has 4 heterocycles. The molecule has 0 radical (unpaired) electrons. The molecule has 24 heteroatoms. The summed E-state index contributed by atoms with van der Waals surface area (Å²) in [4.78, 5) is 4.68. The Labute approximate surface area is 446 Å². The molecular formula is C52H54BBrF6N6O8S2. The van der Waals surface area contributed by atoms with E-state index in [2.05, 4.69) is 47.3 Å². The summed E-state index contributed by atoms with van der Waals surface area (Å²) in [6, 6.07) is 36.7. The predicted molar refractivity (Wildman–Crippen MR) is 288 cm³/mol. The van der Waals surface area contributed by atoms with Crippen LogP contribution in [-0.4, -0.2) is 87.0 Å². The largest absolute Gasteiger partial charge is 0.573 e. The Morgan fingerprint density at radius 2 is 0.934 bits per heavy atom. The molecule has 0 amide bonds. The first-order chi connectivity index (χ1) is 36.0. The molecule has 0 spiro atoms. The fourth-order valence-electron chi connectivity index (χ4n) is 9.25. The smallest absolute Gasteiger partial charge is 0.423 e. The van der Waals surface area contributed by atoms with Gasteiger partial charge >= 0.3 is 40.3 Å². The van der Waals surface area contributed by atoms with Gasteiger partial charge < -0.3 is 29.3 Å². The lowest BCUT2D eigenvalue weighted by Gasteiger charge is -2.29. The molecule has 4 aliphatic rings. The Morgan fingerprint density at radius 3 is 1.39 bits per heavy atom. The summed E-state index contributed by atoms with van der Waals surface area (Å²) in [6.45, 7) is 4.19. The summed E-state index contributed by atoms with van der Waals surface area (Å²) < 4.78 is 139. The highest BCUT2D eigenvalue weighted by atomic mass is 79.9. The SMILES string of the molecule is CN1c2cc(-c3cccc(N4CCCCC4)c3)ccc2N(Cc2ccc(OC(F)(F)F)cc2)S1(=O)=O.CN1c2cc(Br)ccc2N(Cc2ccc(OC(F)(F)F)cc2)S1(=O)=O.OB(O)c1cccc(N2CCCCC2)c1. The van der Waals surface area contributed by atoms with Gasteiger partial charge in [-0.05, 0) is 145 Å². The van der Waals surface area contributed by atoms with E-state index in [4.69, 9.17) is 10.0 Å². The fourth-order valence-corrected chi connectivity index (χ4v) is 12.4. The zero-order valence-corrected chi connectivity index (χ0v) is 44.5. The average Bonchev–Trinajstić information content (AvgIpc) is 3.71. The van der Waals surface area contributed by atoms with Crippen molar-refractivity contribution in [2.45, 2.75) is 64.3 Å². The number of benzene rings is 6. The van der Waals surface area contributed by atoms with Gasteiger partial charge in [-0.2, -0.15) is 16.8 Å². The number of halogens is 7. The number of nitrogens with zero attached hydrogens (tertiary/aromatic N) is 6. The minimum absolute atomic E-state index is 0.00635. The Hall–Kier alpha value is -6.34. The molecule has 0 aliphatic carbocycles. The van der Waals surface area contributed by atoms with E-state index in [1.807, 2.05) is 42.5 Å². The number of hydrogen-bond donors (Lipinski definition) is 2. The van der Waals surface area contributed by atoms with Crippen LogP contribution in [0.4, 0.5) is 60.5 Å². The third kappa shape index (κ3) is 13.4. The number of piperidine rings is 2. The van der Waals surface area contributed by atoms with Crippen LogP contribution in [0, 0.1) is 0 Å². The molecule has 0 aromatic heterocycles. The Bertz CT molecular complexity index is 3210. The van der Waals surface area contributed by atoms with Crippen LogP contribution in [-0.2, 0) is 33.5 Å². The van der Waals surface area contributed by atoms with Gasteiger partial charge in [0.05, 0.1) is 35.8 Å². The van der Waals surface area contributed by atoms with Crippen LogP contribution in [0.5, 0.6) is 11.5 Å². The summed E-state index contributed by atoms with van der Waals surface area (Å²) >= 11 is 3.30. The van der Waals surface area contributed by atoms with Crippen molar-refractivity contribution in [3.05, 3.63) is 149 Å². The van der Waals surface area contributed by atoms with E-state index in [1.165, 1.54) is 102 Å². The maximum atomic E-state index is 13.2. The van der Waals surface area contributed by atoms with Gasteiger partial charge in [0.15, 0.2) is 0 Å². The quantitative estimate of drug-likeness (QED) is 0.100. The molecule has 0 unspecified atom stereocenters. The third-order valence-electron chi connectivity index (χ3n) is 13.1. The molecule has 76 heavy (non-hydrogen) atoms. The molecule has 404 valence electrons. The molecule has 10 rings (SSSR count).